The van der Waals surface area contributed by atoms with Crippen LogP contribution in [0, 0.1) is 13.8 Å². The van der Waals surface area contributed by atoms with E-state index in [2.05, 4.69) is 15.5 Å². The van der Waals surface area contributed by atoms with Gasteiger partial charge in [-0.3, -0.25) is 10.1 Å². The Labute approximate surface area is 118 Å². The van der Waals surface area contributed by atoms with Crippen molar-refractivity contribution in [1.29, 1.82) is 0 Å². The van der Waals surface area contributed by atoms with Gasteiger partial charge in [-0.05, 0) is 43.5 Å². The number of carbonyl (C=O) groups is 1. The van der Waals surface area contributed by atoms with Crippen molar-refractivity contribution in [3.63, 3.8) is 0 Å². The van der Waals surface area contributed by atoms with Gasteiger partial charge < -0.3 is 4.42 Å². The fourth-order valence-corrected chi connectivity index (χ4v) is 1.78. The number of aryl methyl sites for hydroxylation is 2. The maximum absolute atomic E-state index is 11.6. The van der Waals surface area contributed by atoms with E-state index in [4.69, 9.17) is 4.42 Å². The molecule has 2 aromatic rings. The van der Waals surface area contributed by atoms with Crippen LogP contribution in [0.1, 0.15) is 37.3 Å². The lowest BCUT2D eigenvalue weighted by atomic mass is 10.1. The van der Waals surface area contributed by atoms with Crippen molar-refractivity contribution >= 4 is 11.9 Å². The maximum Gasteiger partial charge on any atom is 0.322 e. The fraction of sp³-hybridized carbons (Fsp3) is 0.400. The van der Waals surface area contributed by atoms with Gasteiger partial charge >= 0.3 is 6.01 Å². The van der Waals surface area contributed by atoms with Crippen molar-refractivity contribution in [1.82, 2.24) is 10.2 Å². The standard InChI is InChI=1S/C15H19N3O2/c1-4-5-6-13(19)16-15-18-17-14(20-15)12-8-7-10(2)11(3)9-12/h7-9H,4-6H2,1-3H3,(H,16,18,19). The quantitative estimate of drug-likeness (QED) is 0.905. The number of hydrogen-bond donors (Lipinski definition) is 1. The van der Waals surface area contributed by atoms with E-state index in [1.165, 1.54) is 5.56 Å². The Morgan fingerprint density at radius 2 is 2.05 bits per heavy atom. The molecule has 1 heterocycles. The Balaban J connectivity index is 2.08. The second-order valence-corrected chi connectivity index (χ2v) is 4.86. The summed E-state index contributed by atoms with van der Waals surface area (Å²) in [5, 5.41) is 10.4. The number of aromatic nitrogens is 2. The third-order valence-electron chi connectivity index (χ3n) is 3.18. The van der Waals surface area contributed by atoms with Crippen molar-refractivity contribution in [2.45, 2.75) is 40.0 Å². The van der Waals surface area contributed by atoms with Gasteiger partial charge in [0, 0.05) is 12.0 Å². The van der Waals surface area contributed by atoms with Gasteiger partial charge in [0.25, 0.3) is 0 Å². The largest absolute Gasteiger partial charge is 0.403 e. The molecule has 0 atom stereocenters. The fourth-order valence-electron chi connectivity index (χ4n) is 1.78. The molecule has 0 aliphatic heterocycles. The van der Waals surface area contributed by atoms with Gasteiger partial charge in [0.15, 0.2) is 0 Å². The average molecular weight is 273 g/mol. The Bertz CT molecular complexity index is 605. The summed E-state index contributed by atoms with van der Waals surface area (Å²) in [6.07, 6.45) is 2.30. The molecule has 1 N–H and O–H groups in total. The first kappa shape index (κ1) is 14.2. The highest BCUT2D eigenvalue weighted by Gasteiger charge is 2.11. The van der Waals surface area contributed by atoms with E-state index >= 15 is 0 Å². The van der Waals surface area contributed by atoms with Gasteiger partial charge in [-0.1, -0.05) is 24.5 Å². The lowest BCUT2D eigenvalue weighted by Crippen LogP contribution is -2.11. The van der Waals surface area contributed by atoms with Crippen molar-refractivity contribution in [3.05, 3.63) is 29.3 Å². The molecule has 5 nitrogen and oxygen atoms in total. The van der Waals surface area contributed by atoms with Crippen LogP contribution in [0.4, 0.5) is 6.01 Å². The number of carbonyl (C=O) groups excluding carboxylic acids is 1. The first-order valence-electron chi connectivity index (χ1n) is 6.81. The Kier molecular flexibility index (Phi) is 4.50. The Hall–Kier alpha value is -2.17. The van der Waals surface area contributed by atoms with E-state index < -0.39 is 0 Å². The molecule has 1 amide bonds. The van der Waals surface area contributed by atoms with Gasteiger partial charge in [0.1, 0.15) is 0 Å². The molecule has 0 aliphatic rings. The summed E-state index contributed by atoms with van der Waals surface area (Å²) in [7, 11) is 0. The summed E-state index contributed by atoms with van der Waals surface area (Å²) < 4.78 is 5.46. The molecule has 0 saturated heterocycles. The molecule has 1 aromatic carbocycles. The minimum absolute atomic E-state index is 0.0952. The summed E-state index contributed by atoms with van der Waals surface area (Å²) in [4.78, 5) is 11.6. The van der Waals surface area contributed by atoms with Crippen molar-refractivity contribution < 1.29 is 9.21 Å². The summed E-state index contributed by atoms with van der Waals surface area (Å²) in [6.45, 7) is 6.12. The zero-order chi connectivity index (χ0) is 14.5. The lowest BCUT2D eigenvalue weighted by Gasteiger charge is -2.01. The molecule has 0 bridgehead atoms. The molecular formula is C15H19N3O2. The SMILES string of the molecule is CCCCC(=O)Nc1nnc(-c2ccc(C)c(C)c2)o1. The monoisotopic (exact) mass is 273 g/mol. The van der Waals surface area contributed by atoms with Gasteiger partial charge in [-0.15, -0.1) is 5.10 Å². The van der Waals surface area contributed by atoms with Crippen LogP contribution in [0.15, 0.2) is 22.6 Å². The number of nitrogens with zero attached hydrogens (tertiary/aromatic N) is 2. The number of anilines is 1. The van der Waals surface area contributed by atoms with Crippen LogP contribution < -0.4 is 5.32 Å². The number of nitrogens with one attached hydrogen (secondary N) is 1. The van der Waals surface area contributed by atoms with Gasteiger partial charge in [0.05, 0.1) is 0 Å². The molecule has 1 aromatic heterocycles. The average Bonchev–Trinajstić information content (AvgIpc) is 2.88. The molecule has 20 heavy (non-hydrogen) atoms. The first-order chi connectivity index (χ1) is 9.60. The Morgan fingerprint density at radius 1 is 1.25 bits per heavy atom. The highest BCUT2D eigenvalue weighted by molar-refractivity contribution is 5.88. The number of benzene rings is 1. The second-order valence-electron chi connectivity index (χ2n) is 4.86. The minimum Gasteiger partial charge on any atom is -0.403 e. The molecule has 0 unspecified atom stereocenters. The van der Waals surface area contributed by atoms with Crippen LogP contribution >= 0.6 is 0 Å². The number of unbranched alkanes of at least 4 members (excludes halogenated alkanes) is 1. The summed E-state index contributed by atoms with van der Waals surface area (Å²) in [6, 6.07) is 6.08. The highest BCUT2D eigenvalue weighted by Crippen LogP contribution is 2.22. The van der Waals surface area contributed by atoms with E-state index in [0.717, 1.165) is 24.0 Å². The molecule has 0 aliphatic carbocycles. The number of amides is 1. The third-order valence-corrected chi connectivity index (χ3v) is 3.18. The smallest absolute Gasteiger partial charge is 0.322 e. The predicted molar refractivity (Wildman–Crippen MR) is 77.4 cm³/mol. The van der Waals surface area contributed by atoms with Crippen molar-refractivity contribution in [3.8, 4) is 11.5 Å². The number of rotatable bonds is 5. The predicted octanol–water partition coefficient (Wildman–Crippen LogP) is 3.48. The highest BCUT2D eigenvalue weighted by atomic mass is 16.4. The normalized spacial score (nSPS) is 10.6. The van der Waals surface area contributed by atoms with Gasteiger partial charge in [-0.25, -0.2) is 0 Å². The molecular weight excluding hydrogens is 254 g/mol. The molecule has 0 fully saturated rings. The second kappa shape index (κ2) is 6.32. The van der Waals surface area contributed by atoms with E-state index in [0.29, 0.717) is 12.3 Å². The first-order valence-corrected chi connectivity index (χ1v) is 6.81. The zero-order valence-electron chi connectivity index (χ0n) is 12.1. The molecule has 106 valence electrons. The van der Waals surface area contributed by atoms with Crippen LogP contribution in [0.25, 0.3) is 11.5 Å². The maximum atomic E-state index is 11.6. The van der Waals surface area contributed by atoms with E-state index in [1.54, 1.807) is 0 Å². The zero-order valence-corrected chi connectivity index (χ0v) is 12.1. The van der Waals surface area contributed by atoms with Crippen LogP contribution in [0.3, 0.4) is 0 Å². The van der Waals surface area contributed by atoms with Crippen molar-refractivity contribution in [2.24, 2.45) is 0 Å². The molecule has 0 spiro atoms. The minimum atomic E-state index is -0.0952. The van der Waals surface area contributed by atoms with Crippen LogP contribution in [-0.2, 0) is 4.79 Å². The summed E-state index contributed by atoms with van der Waals surface area (Å²) >= 11 is 0. The van der Waals surface area contributed by atoms with E-state index in [9.17, 15) is 4.79 Å². The van der Waals surface area contributed by atoms with E-state index in [-0.39, 0.29) is 11.9 Å². The number of hydrogen-bond acceptors (Lipinski definition) is 4. The topological polar surface area (TPSA) is 68.0 Å². The van der Waals surface area contributed by atoms with Gasteiger partial charge in [0.2, 0.25) is 11.8 Å². The Morgan fingerprint density at radius 3 is 2.75 bits per heavy atom. The van der Waals surface area contributed by atoms with E-state index in [1.807, 2.05) is 39.0 Å². The summed E-state index contributed by atoms with van der Waals surface area (Å²) in [5.74, 6) is 0.320. The third kappa shape index (κ3) is 3.44. The molecule has 0 radical (unpaired) electrons. The van der Waals surface area contributed by atoms with Crippen molar-refractivity contribution in [2.75, 3.05) is 5.32 Å². The molecule has 5 heteroatoms. The molecule has 0 saturated carbocycles. The lowest BCUT2D eigenvalue weighted by molar-refractivity contribution is -0.116. The summed E-state index contributed by atoms with van der Waals surface area (Å²) in [5.41, 5.74) is 3.23. The van der Waals surface area contributed by atoms with Crippen LogP contribution in [0.5, 0.6) is 0 Å². The van der Waals surface area contributed by atoms with Crippen LogP contribution in [0.2, 0.25) is 0 Å². The van der Waals surface area contributed by atoms with Gasteiger partial charge in [-0.2, -0.15) is 0 Å². The van der Waals surface area contributed by atoms with Crippen LogP contribution in [-0.4, -0.2) is 16.1 Å². The molecule has 2 rings (SSSR count).